The van der Waals surface area contributed by atoms with Gasteiger partial charge in [0, 0.05) is 11.8 Å². The Morgan fingerprint density at radius 3 is 1.94 bits per heavy atom. The van der Waals surface area contributed by atoms with E-state index in [0.717, 1.165) is 16.8 Å². The molecule has 1 N–H and O–H groups in total. The SMILES string of the molecule is Cc1cc(C=Nc2ccccc2)c(O)c(C2CCCCCCCCCCC2)c1.[Cl][Zr][Cl]. The van der Waals surface area contributed by atoms with E-state index in [1.165, 1.54) is 76.2 Å². The molecule has 2 nitrogen and oxygen atoms in total. The summed E-state index contributed by atoms with van der Waals surface area (Å²) in [5, 5.41) is 11.0. The monoisotopic (exact) mass is 537 g/mol. The average Bonchev–Trinajstić information content (AvgIpc) is 2.76. The van der Waals surface area contributed by atoms with Crippen LogP contribution in [0.2, 0.25) is 0 Å². The number of rotatable bonds is 3. The maximum absolute atomic E-state index is 11.0. The van der Waals surface area contributed by atoms with Gasteiger partial charge in [-0.1, -0.05) is 82.1 Å². The van der Waals surface area contributed by atoms with Crippen LogP contribution in [-0.4, -0.2) is 11.3 Å². The van der Waals surface area contributed by atoms with E-state index in [1.807, 2.05) is 42.6 Å². The normalized spacial score (nSPS) is 16.6. The minimum absolute atomic E-state index is 0.433. The Morgan fingerprint density at radius 2 is 1.39 bits per heavy atom. The van der Waals surface area contributed by atoms with Gasteiger partial charge in [0.25, 0.3) is 0 Å². The molecule has 0 atom stereocenters. The third-order valence-corrected chi connectivity index (χ3v) is 5.97. The second-order valence-electron chi connectivity index (χ2n) is 8.41. The first-order valence-electron chi connectivity index (χ1n) is 11.5. The van der Waals surface area contributed by atoms with Gasteiger partial charge < -0.3 is 5.11 Å². The molecule has 1 aliphatic carbocycles. The van der Waals surface area contributed by atoms with Crippen molar-refractivity contribution in [2.24, 2.45) is 4.99 Å². The molecule has 2 aromatic rings. The third-order valence-electron chi connectivity index (χ3n) is 5.97. The fourth-order valence-corrected chi connectivity index (χ4v) is 4.38. The summed E-state index contributed by atoms with van der Waals surface area (Å²) in [5.74, 6) is 0.894. The number of nitrogens with zero attached hydrogens (tertiary/aromatic N) is 1. The molecule has 0 heterocycles. The van der Waals surface area contributed by atoms with Gasteiger partial charge in [-0.15, -0.1) is 0 Å². The first-order valence-corrected chi connectivity index (χ1v) is 17.9. The van der Waals surface area contributed by atoms with Gasteiger partial charge in [-0.3, -0.25) is 4.99 Å². The summed E-state index contributed by atoms with van der Waals surface area (Å²) in [7, 11) is 9.87. The molecule has 0 amide bonds. The Bertz CT molecular complexity index is 770. The second-order valence-corrected chi connectivity index (χ2v) is 12.1. The molecule has 168 valence electrons. The topological polar surface area (TPSA) is 32.6 Å². The number of aryl methyl sites for hydroxylation is 1. The van der Waals surface area contributed by atoms with Crippen LogP contribution >= 0.6 is 17.0 Å². The van der Waals surface area contributed by atoms with Gasteiger partial charge in [0.15, 0.2) is 0 Å². The molecule has 0 radical (unpaired) electrons. The van der Waals surface area contributed by atoms with E-state index in [2.05, 4.69) is 18.0 Å². The number of benzene rings is 2. The molecular formula is C26H35Cl2NOZr. The van der Waals surface area contributed by atoms with E-state index in [-0.39, 0.29) is 0 Å². The van der Waals surface area contributed by atoms with E-state index in [9.17, 15) is 5.11 Å². The summed E-state index contributed by atoms with van der Waals surface area (Å²) in [6, 6.07) is 14.2. The average molecular weight is 540 g/mol. The van der Waals surface area contributed by atoms with Crippen molar-refractivity contribution >= 4 is 28.9 Å². The zero-order valence-electron chi connectivity index (χ0n) is 18.6. The van der Waals surface area contributed by atoms with Crippen molar-refractivity contribution in [3.8, 4) is 5.75 Å². The van der Waals surface area contributed by atoms with E-state index in [0.29, 0.717) is 11.7 Å². The molecule has 0 bridgehead atoms. The van der Waals surface area contributed by atoms with E-state index < -0.39 is 20.8 Å². The summed E-state index contributed by atoms with van der Waals surface area (Å²) in [6.45, 7) is 2.12. The maximum atomic E-state index is 11.0. The number of halogens is 2. The molecule has 1 aliphatic rings. The fraction of sp³-hybridized carbons (Fsp3) is 0.500. The van der Waals surface area contributed by atoms with E-state index >= 15 is 0 Å². The Hall–Kier alpha value is -0.627. The van der Waals surface area contributed by atoms with Gasteiger partial charge in [-0.05, 0) is 55.0 Å². The van der Waals surface area contributed by atoms with Crippen molar-refractivity contribution in [3.05, 3.63) is 59.2 Å². The molecule has 1 fully saturated rings. The molecule has 31 heavy (non-hydrogen) atoms. The number of hydrogen-bond acceptors (Lipinski definition) is 2. The van der Waals surface area contributed by atoms with Crippen LogP contribution in [0.15, 0.2) is 47.5 Å². The standard InChI is InChI=1S/C26H35NO.2ClH.Zr/c1-21-18-23(20-27-24-16-12-9-13-17-24)26(28)25(19-21)22-14-10-7-5-3-2-4-6-8-11-15-22;;;/h9,12-13,16-20,22,28H,2-8,10-11,14-15H2,1H3;2*1H;/q;;;+2/p-2. The van der Waals surface area contributed by atoms with Gasteiger partial charge in [0.1, 0.15) is 5.75 Å². The van der Waals surface area contributed by atoms with Crippen LogP contribution in [0, 0.1) is 6.92 Å². The predicted octanol–water partition coefficient (Wildman–Crippen LogP) is 9.22. The summed E-state index contributed by atoms with van der Waals surface area (Å²) in [4.78, 5) is 4.56. The Morgan fingerprint density at radius 1 is 0.871 bits per heavy atom. The zero-order valence-corrected chi connectivity index (χ0v) is 22.6. The molecule has 0 spiro atoms. The van der Waals surface area contributed by atoms with Crippen molar-refractivity contribution in [3.63, 3.8) is 0 Å². The zero-order chi connectivity index (χ0) is 22.3. The number of hydrogen-bond donors (Lipinski definition) is 1. The summed E-state index contributed by atoms with van der Waals surface area (Å²) < 4.78 is 0. The first-order chi connectivity index (χ1) is 15.2. The van der Waals surface area contributed by atoms with Gasteiger partial charge >= 0.3 is 37.9 Å². The molecule has 0 saturated heterocycles. The third kappa shape index (κ3) is 10.2. The van der Waals surface area contributed by atoms with Crippen molar-refractivity contribution in [2.75, 3.05) is 0 Å². The molecule has 5 heteroatoms. The number of phenolic OH excluding ortho intramolecular Hbond substituents is 1. The van der Waals surface area contributed by atoms with Crippen LogP contribution in [0.1, 0.15) is 93.2 Å². The van der Waals surface area contributed by atoms with Crippen LogP contribution in [0.25, 0.3) is 0 Å². The molecule has 2 aromatic carbocycles. The van der Waals surface area contributed by atoms with Crippen molar-refractivity contribution in [1.82, 2.24) is 0 Å². The molecule has 0 unspecified atom stereocenters. The predicted molar refractivity (Wildman–Crippen MR) is 132 cm³/mol. The number of aromatic hydroxyl groups is 1. The summed E-state index contributed by atoms with van der Waals surface area (Å²) >= 11 is -0.826. The Kier molecular flexibility index (Phi) is 13.8. The van der Waals surface area contributed by atoms with E-state index in [1.54, 1.807) is 0 Å². The Balaban J connectivity index is 0.00000107. The van der Waals surface area contributed by atoms with Crippen LogP contribution < -0.4 is 0 Å². The summed E-state index contributed by atoms with van der Waals surface area (Å²) in [6.07, 6.45) is 16.3. The summed E-state index contributed by atoms with van der Waals surface area (Å²) in [5.41, 5.74) is 4.08. The minimum atomic E-state index is -0.826. The molecule has 3 rings (SSSR count). The quantitative estimate of drug-likeness (QED) is 0.388. The Labute approximate surface area is 207 Å². The molecule has 0 aromatic heterocycles. The number of phenols is 1. The molecule has 1 saturated carbocycles. The van der Waals surface area contributed by atoms with Gasteiger partial charge in [0.2, 0.25) is 0 Å². The fourth-order valence-electron chi connectivity index (χ4n) is 4.38. The van der Waals surface area contributed by atoms with E-state index in [4.69, 9.17) is 17.0 Å². The van der Waals surface area contributed by atoms with Crippen molar-refractivity contribution < 1.29 is 26.0 Å². The van der Waals surface area contributed by atoms with Crippen LogP contribution in [0.5, 0.6) is 5.75 Å². The number of aliphatic imine (C=N–C) groups is 1. The molecule has 0 aliphatic heterocycles. The van der Waals surface area contributed by atoms with Crippen LogP contribution in [0.4, 0.5) is 5.69 Å². The van der Waals surface area contributed by atoms with Crippen LogP contribution in [-0.2, 0) is 20.8 Å². The molecular weight excluding hydrogens is 504 g/mol. The van der Waals surface area contributed by atoms with Gasteiger partial charge in [-0.25, -0.2) is 0 Å². The van der Waals surface area contributed by atoms with Gasteiger partial charge in [0.05, 0.1) is 5.69 Å². The van der Waals surface area contributed by atoms with Gasteiger partial charge in [-0.2, -0.15) is 0 Å². The van der Waals surface area contributed by atoms with Crippen molar-refractivity contribution in [2.45, 2.75) is 83.5 Å². The van der Waals surface area contributed by atoms with Crippen molar-refractivity contribution in [1.29, 1.82) is 0 Å². The van der Waals surface area contributed by atoms with Crippen LogP contribution in [0.3, 0.4) is 0 Å². The number of para-hydroxylation sites is 1. The first kappa shape index (κ1) is 26.6. The second kappa shape index (κ2) is 16.1.